The number of rotatable bonds is 8. The number of benzene rings is 2. The van der Waals surface area contributed by atoms with Crippen LogP contribution in [0.1, 0.15) is 42.5 Å². The van der Waals surface area contributed by atoms with Crippen LogP contribution in [0, 0.1) is 0 Å². The summed E-state index contributed by atoms with van der Waals surface area (Å²) in [5, 5.41) is 8.64. The van der Waals surface area contributed by atoms with Gasteiger partial charge < -0.3 is 35.1 Å². The Hall–Kier alpha value is -3.46. The van der Waals surface area contributed by atoms with Gasteiger partial charge in [-0.05, 0) is 50.3 Å². The van der Waals surface area contributed by atoms with Crippen molar-refractivity contribution >= 4 is 29.0 Å². The summed E-state index contributed by atoms with van der Waals surface area (Å²) in [4.78, 5) is 28.1. The van der Waals surface area contributed by atoms with Crippen molar-refractivity contribution in [3.8, 4) is 11.5 Å². The first-order valence-electron chi connectivity index (χ1n) is 12.2. The quantitative estimate of drug-likeness (QED) is 0.520. The Morgan fingerprint density at radius 1 is 0.943 bits per heavy atom. The van der Waals surface area contributed by atoms with E-state index in [0.29, 0.717) is 35.0 Å². The second-order valence-corrected chi connectivity index (χ2v) is 8.81. The number of hydrogen-bond acceptors (Lipinski definition) is 6. The zero-order valence-corrected chi connectivity index (χ0v) is 20.4. The molecule has 9 heteroatoms. The molecule has 2 saturated heterocycles. The third-order valence-corrected chi connectivity index (χ3v) is 6.32. The van der Waals surface area contributed by atoms with Gasteiger partial charge in [-0.15, -0.1) is 0 Å². The van der Waals surface area contributed by atoms with Crippen molar-refractivity contribution in [2.24, 2.45) is 0 Å². The molecule has 3 N–H and O–H groups in total. The molecule has 0 spiro atoms. The molecular formula is C26H34N4O5. The van der Waals surface area contributed by atoms with Crippen molar-refractivity contribution in [2.75, 3.05) is 56.0 Å². The standard InChI is InChI=1S/C26H34N4O5/c1-33-21-13-19(14-22(16-21)34-2)29-26(32)28-18-8-9-24(30-10-4-3-5-11-30)23(15-18)25(31)27-17-20-7-6-12-35-20/h8-9,13-16,20H,3-7,10-12,17H2,1-2H3,(H,27,31)(H2,28,29,32). The highest BCUT2D eigenvalue weighted by Crippen LogP contribution is 2.29. The maximum atomic E-state index is 13.2. The van der Waals surface area contributed by atoms with Crippen LogP contribution in [0.2, 0.25) is 0 Å². The summed E-state index contributed by atoms with van der Waals surface area (Å²) in [6.45, 7) is 3.05. The average Bonchev–Trinajstić information content (AvgIpc) is 3.41. The van der Waals surface area contributed by atoms with Crippen LogP contribution in [0.25, 0.3) is 0 Å². The zero-order valence-electron chi connectivity index (χ0n) is 20.4. The van der Waals surface area contributed by atoms with Crippen molar-refractivity contribution < 1.29 is 23.8 Å². The Labute approximate surface area is 206 Å². The Kier molecular flexibility index (Phi) is 8.31. The molecule has 2 aromatic rings. The normalized spacial score (nSPS) is 17.5. The van der Waals surface area contributed by atoms with Crippen molar-refractivity contribution in [2.45, 2.75) is 38.2 Å². The topological polar surface area (TPSA) is 101 Å². The van der Waals surface area contributed by atoms with Crippen LogP contribution in [0.15, 0.2) is 36.4 Å². The second kappa shape index (κ2) is 11.8. The maximum absolute atomic E-state index is 13.2. The molecule has 188 valence electrons. The van der Waals surface area contributed by atoms with Crippen molar-refractivity contribution in [3.63, 3.8) is 0 Å². The lowest BCUT2D eigenvalue weighted by atomic mass is 10.1. The molecule has 2 heterocycles. The Bertz CT molecular complexity index is 1010. The van der Waals surface area contributed by atoms with Gasteiger partial charge in [0.15, 0.2) is 0 Å². The number of ether oxygens (including phenoxy) is 3. The Balaban J connectivity index is 1.49. The minimum Gasteiger partial charge on any atom is -0.497 e. The smallest absolute Gasteiger partial charge is 0.323 e. The fraction of sp³-hybridized carbons (Fsp3) is 0.462. The lowest BCUT2D eigenvalue weighted by Crippen LogP contribution is -2.35. The summed E-state index contributed by atoms with van der Waals surface area (Å²) in [5.74, 6) is 0.967. The highest BCUT2D eigenvalue weighted by molar-refractivity contribution is 6.04. The molecule has 2 fully saturated rings. The first-order chi connectivity index (χ1) is 17.1. The summed E-state index contributed by atoms with van der Waals surface area (Å²) in [5.41, 5.74) is 2.49. The molecule has 3 amide bonds. The van der Waals surface area contributed by atoms with Crippen molar-refractivity contribution in [3.05, 3.63) is 42.0 Å². The van der Waals surface area contributed by atoms with E-state index in [9.17, 15) is 9.59 Å². The summed E-state index contributed by atoms with van der Waals surface area (Å²) in [6.07, 6.45) is 5.44. The van der Waals surface area contributed by atoms with Gasteiger partial charge in [0.05, 0.1) is 25.9 Å². The lowest BCUT2D eigenvalue weighted by Gasteiger charge is -2.30. The number of nitrogens with one attached hydrogen (secondary N) is 3. The van der Waals surface area contributed by atoms with E-state index in [4.69, 9.17) is 14.2 Å². The van der Waals surface area contributed by atoms with Crippen LogP contribution in [0.4, 0.5) is 21.9 Å². The Morgan fingerprint density at radius 2 is 1.66 bits per heavy atom. The molecule has 1 atom stereocenters. The van der Waals surface area contributed by atoms with Crippen LogP contribution < -0.4 is 30.3 Å². The molecule has 0 aromatic heterocycles. The summed E-state index contributed by atoms with van der Waals surface area (Å²) in [7, 11) is 3.10. The minimum absolute atomic E-state index is 0.0596. The van der Waals surface area contributed by atoms with Crippen LogP contribution in [0.5, 0.6) is 11.5 Å². The first-order valence-corrected chi connectivity index (χ1v) is 12.2. The van der Waals surface area contributed by atoms with Gasteiger partial charge in [-0.2, -0.15) is 0 Å². The van der Waals surface area contributed by atoms with Gasteiger partial charge in [-0.3, -0.25) is 4.79 Å². The van der Waals surface area contributed by atoms with Crippen LogP contribution in [-0.2, 0) is 4.74 Å². The lowest BCUT2D eigenvalue weighted by molar-refractivity contribution is 0.0858. The fourth-order valence-electron chi connectivity index (χ4n) is 4.49. The number of methoxy groups -OCH3 is 2. The van der Waals surface area contributed by atoms with Gasteiger partial charge in [-0.1, -0.05) is 0 Å². The number of piperidine rings is 1. The molecule has 2 aromatic carbocycles. The summed E-state index contributed by atoms with van der Waals surface area (Å²) >= 11 is 0. The molecule has 2 aliphatic heterocycles. The molecule has 0 saturated carbocycles. The van der Waals surface area contributed by atoms with Gasteiger partial charge in [0.1, 0.15) is 11.5 Å². The van der Waals surface area contributed by atoms with E-state index in [0.717, 1.165) is 51.1 Å². The molecule has 0 bridgehead atoms. The van der Waals surface area contributed by atoms with E-state index in [-0.39, 0.29) is 12.0 Å². The molecule has 0 aliphatic carbocycles. The van der Waals surface area contributed by atoms with Crippen molar-refractivity contribution in [1.29, 1.82) is 0 Å². The van der Waals surface area contributed by atoms with E-state index in [1.54, 1.807) is 38.5 Å². The largest absolute Gasteiger partial charge is 0.497 e. The summed E-state index contributed by atoms with van der Waals surface area (Å²) < 4.78 is 16.2. The van der Waals surface area contributed by atoms with Gasteiger partial charge >= 0.3 is 6.03 Å². The predicted molar refractivity (Wildman–Crippen MR) is 136 cm³/mol. The predicted octanol–water partition coefficient (Wildman–Crippen LogP) is 4.25. The SMILES string of the molecule is COc1cc(NC(=O)Nc2ccc(N3CCCCC3)c(C(=O)NCC3CCCO3)c2)cc(OC)c1. The molecule has 1 unspecified atom stereocenters. The number of carbonyl (C=O) groups is 2. The molecule has 4 rings (SSSR count). The fourth-order valence-corrected chi connectivity index (χ4v) is 4.49. The number of carbonyl (C=O) groups excluding carboxylic acids is 2. The number of nitrogens with zero attached hydrogens (tertiary/aromatic N) is 1. The van der Waals surface area contributed by atoms with Crippen molar-refractivity contribution in [1.82, 2.24) is 5.32 Å². The highest BCUT2D eigenvalue weighted by atomic mass is 16.5. The van der Waals surface area contributed by atoms with E-state index in [1.165, 1.54) is 6.42 Å². The number of amides is 3. The van der Waals surface area contributed by atoms with Crippen LogP contribution in [0.3, 0.4) is 0 Å². The van der Waals surface area contributed by atoms with Crippen LogP contribution in [-0.4, -0.2) is 58.5 Å². The molecule has 35 heavy (non-hydrogen) atoms. The molecule has 9 nitrogen and oxygen atoms in total. The third-order valence-electron chi connectivity index (χ3n) is 6.32. The molecule has 0 radical (unpaired) electrons. The van der Waals surface area contributed by atoms with E-state index in [1.807, 2.05) is 12.1 Å². The first kappa shape index (κ1) is 24.7. The molecule has 2 aliphatic rings. The minimum atomic E-state index is -0.434. The average molecular weight is 483 g/mol. The summed E-state index contributed by atoms with van der Waals surface area (Å²) in [6, 6.07) is 10.2. The van der Waals surface area contributed by atoms with Gasteiger partial charge in [0.2, 0.25) is 0 Å². The van der Waals surface area contributed by atoms with E-state index in [2.05, 4.69) is 20.9 Å². The number of anilines is 3. The zero-order chi connectivity index (χ0) is 24.6. The third kappa shape index (κ3) is 6.57. The van der Waals surface area contributed by atoms with Gasteiger partial charge in [0.25, 0.3) is 5.91 Å². The van der Waals surface area contributed by atoms with Crippen LogP contribution >= 0.6 is 0 Å². The number of hydrogen-bond donors (Lipinski definition) is 3. The highest BCUT2D eigenvalue weighted by Gasteiger charge is 2.22. The van der Waals surface area contributed by atoms with Gasteiger partial charge in [0, 0.05) is 61.5 Å². The monoisotopic (exact) mass is 482 g/mol. The molecular weight excluding hydrogens is 448 g/mol. The Morgan fingerprint density at radius 3 is 2.31 bits per heavy atom. The number of urea groups is 1. The van der Waals surface area contributed by atoms with E-state index < -0.39 is 6.03 Å². The maximum Gasteiger partial charge on any atom is 0.323 e. The van der Waals surface area contributed by atoms with E-state index >= 15 is 0 Å². The van der Waals surface area contributed by atoms with Gasteiger partial charge in [-0.25, -0.2) is 4.79 Å². The second-order valence-electron chi connectivity index (χ2n) is 8.81.